The Morgan fingerprint density at radius 3 is 2.16 bits per heavy atom. The van der Waals surface area contributed by atoms with Crippen molar-refractivity contribution in [2.45, 2.75) is 51.1 Å². The Bertz CT molecular complexity index is 1080. The maximum Gasteiger partial charge on any atom is 0.343 e. The first-order chi connectivity index (χ1) is 15.1. The Labute approximate surface area is 181 Å². The number of benzene rings is 2. The van der Waals surface area contributed by atoms with Crippen LogP contribution in [0, 0.1) is 11.6 Å². The lowest BCUT2D eigenvalue weighted by Crippen LogP contribution is -2.41. The molecular formula is C24H22F6O2. The Morgan fingerprint density at radius 1 is 0.938 bits per heavy atom. The molecule has 1 aliphatic heterocycles. The van der Waals surface area contributed by atoms with Gasteiger partial charge in [-0.3, -0.25) is 0 Å². The van der Waals surface area contributed by atoms with Crippen molar-refractivity contribution < 1.29 is 35.8 Å². The largest absolute Gasteiger partial charge is 0.491 e. The third-order valence-corrected chi connectivity index (χ3v) is 5.95. The van der Waals surface area contributed by atoms with Crippen LogP contribution in [-0.2, 0) is 23.0 Å². The van der Waals surface area contributed by atoms with Gasteiger partial charge in [-0.15, -0.1) is 0 Å². The number of ether oxygens (including phenoxy) is 2. The number of fused-ring (bicyclic) bond motifs is 3. The molecule has 1 heterocycles. The Morgan fingerprint density at radius 2 is 1.56 bits per heavy atom. The van der Waals surface area contributed by atoms with E-state index in [1.54, 1.807) is 0 Å². The molecule has 2 aromatic rings. The molecule has 32 heavy (non-hydrogen) atoms. The number of halogens is 6. The smallest absolute Gasteiger partial charge is 0.343 e. The van der Waals surface area contributed by atoms with E-state index in [4.69, 9.17) is 9.47 Å². The van der Waals surface area contributed by atoms with Crippen LogP contribution in [0.4, 0.5) is 26.3 Å². The highest BCUT2D eigenvalue weighted by Gasteiger charge is 2.65. The first kappa shape index (κ1) is 22.7. The molecular weight excluding hydrogens is 434 g/mol. The topological polar surface area (TPSA) is 18.5 Å². The third-order valence-electron chi connectivity index (χ3n) is 5.95. The van der Waals surface area contributed by atoms with E-state index in [0.29, 0.717) is 19.4 Å². The Kier molecular flexibility index (Phi) is 5.77. The molecule has 1 aliphatic carbocycles. The van der Waals surface area contributed by atoms with Crippen LogP contribution in [-0.4, -0.2) is 19.3 Å². The second-order valence-electron chi connectivity index (χ2n) is 8.06. The predicted molar refractivity (Wildman–Crippen MR) is 107 cm³/mol. The summed E-state index contributed by atoms with van der Waals surface area (Å²) in [6.07, 6.45) is 3.13. The van der Waals surface area contributed by atoms with Gasteiger partial charge in [-0.05, 0) is 67.5 Å². The molecule has 2 aliphatic rings. The van der Waals surface area contributed by atoms with Crippen molar-refractivity contribution in [3.8, 4) is 16.9 Å². The van der Waals surface area contributed by atoms with Crippen LogP contribution in [0.15, 0.2) is 35.9 Å². The molecule has 0 saturated heterocycles. The van der Waals surface area contributed by atoms with Crippen molar-refractivity contribution in [2.75, 3.05) is 13.2 Å². The van der Waals surface area contributed by atoms with Crippen LogP contribution in [0.5, 0.6) is 5.75 Å². The molecule has 2 nitrogen and oxygen atoms in total. The molecule has 0 spiro atoms. The molecule has 172 valence electrons. The number of hydrogen-bond donors (Lipinski definition) is 0. The molecule has 0 aromatic heterocycles. The number of hydrogen-bond acceptors (Lipinski definition) is 2. The molecule has 0 saturated carbocycles. The van der Waals surface area contributed by atoms with Crippen molar-refractivity contribution in [2.24, 2.45) is 0 Å². The lowest BCUT2D eigenvalue weighted by atomic mass is 9.78. The molecule has 0 amide bonds. The predicted octanol–water partition coefficient (Wildman–Crippen LogP) is 6.90. The zero-order chi connectivity index (χ0) is 23.3. The molecule has 0 radical (unpaired) electrons. The van der Waals surface area contributed by atoms with E-state index >= 15 is 13.2 Å². The van der Waals surface area contributed by atoms with Gasteiger partial charge in [-0.1, -0.05) is 18.2 Å². The molecule has 8 heteroatoms. The summed E-state index contributed by atoms with van der Waals surface area (Å²) in [5.41, 5.74) is -3.01. The number of alkyl halides is 4. The zero-order valence-electron chi connectivity index (χ0n) is 17.6. The van der Waals surface area contributed by atoms with Crippen molar-refractivity contribution in [3.63, 3.8) is 0 Å². The lowest BCUT2D eigenvalue weighted by molar-refractivity contribution is -0.228. The van der Waals surface area contributed by atoms with Gasteiger partial charge in [-0.25, -0.2) is 8.78 Å². The minimum absolute atomic E-state index is 0.0351. The fourth-order valence-corrected chi connectivity index (χ4v) is 4.19. The van der Waals surface area contributed by atoms with Gasteiger partial charge in [0.05, 0.1) is 30.4 Å². The monoisotopic (exact) mass is 456 g/mol. The summed E-state index contributed by atoms with van der Waals surface area (Å²) in [4.78, 5) is 0. The summed E-state index contributed by atoms with van der Waals surface area (Å²) >= 11 is 0. The summed E-state index contributed by atoms with van der Waals surface area (Å²) in [5.74, 6) is -13.4. The maximum atomic E-state index is 15.2. The van der Waals surface area contributed by atoms with E-state index in [1.807, 2.05) is 13.0 Å². The van der Waals surface area contributed by atoms with E-state index in [1.165, 1.54) is 13.0 Å². The van der Waals surface area contributed by atoms with Gasteiger partial charge >= 0.3 is 11.8 Å². The van der Waals surface area contributed by atoms with E-state index in [9.17, 15) is 13.2 Å². The molecule has 4 rings (SSSR count). The molecule has 1 unspecified atom stereocenters. The molecule has 1 atom stereocenters. The summed E-state index contributed by atoms with van der Waals surface area (Å²) < 4.78 is 100. The molecule has 0 fully saturated rings. The van der Waals surface area contributed by atoms with Gasteiger partial charge < -0.3 is 9.47 Å². The van der Waals surface area contributed by atoms with E-state index < -0.39 is 51.5 Å². The second-order valence-corrected chi connectivity index (χ2v) is 8.06. The summed E-state index contributed by atoms with van der Waals surface area (Å²) in [6.45, 7) is 3.74. The van der Waals surface area contributed by atoms with E-state index in [0.717, 1.165) is 23.8 Å². The summed E-state index contributed by atoms with van der Waals surface area (Å²) in [5, 5.41) is 0. The first-order valence-electron chi connectivity index (χ1n) is 10.4. The van der Waals surface area contributed by atoms with Crippen LogP contribution in [0.2, 0.25) is 0 Å². The van der Waals surface area contributed by atoms with Crippen molar-refractivity contribution >= 4 is 0 Å². The molecule has 0 N–H and O–H groups in total. The van der Waals surface area contributed by atoms with Crippen LogP contribution >= 0.6 is 0 Å². The van der Waals surface area contributed by atoms with Crippen molar-refractivity contribution in [3.05, 3.63) is 64.2 Å². The van der Waals surface area contributed by atoms with Gasteiger partial charge in [-0.2, -0.15) is 17.6 Å². The SMILES string of the molecule is CCOc1ccc2c(c1F)C(F)(F)C(F)(F)c1c-2ccc(CCC2=CCC(C)OC2)c1F. The number of aryl methyl sites for hydroxylation is 1. The maximum absolute atomic E-state index is 15.2. The normalized spacial score (nSPS) is 20.9. The van der Waals surface area contributed by atoms with Crippen LogP contribution < -0.4 is 4.74 Å². The highest BCUT2D eigenvalue weighted by molar-refractivity contribution is 5.77. The second kappa shape index (κ2) is 8.14. The average molecular weight is 456 g/mol. The van der Waals surface area contributed by atoms with E-state index in [2.05, 4.69) is 0 Å². The highest BCUT2D eigenvalue weighted by Crippen LogP contribution is 2.60. The van der Waals surface area contributed by atoms with Gasteiger partial charge in [0.15, 0.2) is 11.6 Å². The van der Waals surface area contributed by atoms with Crippen LogP contribution in [0.3, 0.4) is 0 Å². The quantitative estimate of drug-likeness (QED) is 0.360. The average Bonchev–Trinajstić information content (AvgIpc) is 2.74. The zero-order valence-corrected chi connectivity index (χ0v) is 17.6. The molecule has 0 bridgehead atoms. The fraction of sp³-hybridized carbons (Fsp3) is 0.417. The Hall–Kier alpha value is -2.48. The van der Waals surface area contributed by atoms with Crippen molar-refractivity contribution in [1.29, 1.82) is 0 Å². The minimum atomic E-state index is -4.96. The van der Waals surface area contributed by atoms with Crippen LogP contribution in [0.25, 0.3) is 11.1 Å². The van der Waals surface area contributed by atoms with Gasteiger partial charge in [0.1, 0.15) is 5.82 Å². The fourth-order valence-electron chi connectivity index (χ4n) is 4.19. The standard InChI is InChI=1S/C24H22F6O2/c1-3-31-18-11-10-17-16-9-8-15(7-6-14-5-4-13(2)32-12-14)21(25)19(16)23(27,28)24(29,30)20(17)22(18)26/h5,8-11,13H,3-4,6-7,12H2,1-2H3. The summed E-state index contributed by atoms with van der Waals surface area (Å²) in [7, 11) is 0. The van der Waals surface area contributed by atoms with E-state index in [-0.39, 0.29) is 24.7 Å². The first-order valence-corrected chi connectivity index (χ1v) is 10.4. The van der Waals surface area contributed by atoms with Gasteiger partial charge in [0.25, 0.3) is 0 Å². The molecule has 2 aromatic carbocycles. The van der Waals surface area contributed by atoms with Gasteiger partial charge in [0, 0.05) is 0 Å². The number of rotatable bonds is 5. The van der Waals surface area contributed by atoms with Crippen LogP contribution in [0.1, 0.15) is 43.4 Å². The highest BCUT2D eigenvalue weighted by atomic mass is 19.3. The third kappa shape index (κ3) is 3.49. The van der Waals surface area contributed by atoms with Crippen molar-refractivity contribution in [1.82, 2.24) is 0 Å². The minimum Gasteiger partial charge on any atom is -0.491 e. The Balaban J connectivity index is 1.79. The lowest BCUT2D eigenvalue weighted by Gasteiger charge is -2.35. The van der Waals surface area contributed by atoms with Gasteiger partial charge in [0.2, 0.25) is 0 Å². The summed E-state index contributed by atoms with van der Waals surface area (Å²) in [6, 6.07) is 4.60.